The summed E-state index contributed by atoms with van der Waals surface area (Å²) >= 11 is 0. The van der Waals surface area contributed by atoms with Gasteiger partial charge in [0.2, 0.25) is 0 Å². The summed E-state index contributed by atoms with van der Waals surface area (Å²) in [5, 5.41) is 0. The van der Waals surface area contributed by atoms with Gasteiger partial charge >= 0.3 is 11.9 Å². The molecule has 0 aromatic rings. The predicted octanol–water partition coefficient (Wildman–Crippen LogP) is 14.8. The first-order chi connectivity index (χ1) is 26.6. The molecule has 0 saturated carbocycles. The Labute approximate surface area is 334 Å². The Hall–Kier alpha value is -2.66. The van der Waals surface area contributed by atoms with E-state index in [1.807, 2.05) is 0 Å². The zero-order valence-electron chi connectivity index (χ0n) is 35.5. The second-order valence-electron chi connectivity index (χ2n) is 14.6. The number of allylic oxidation sites excluding steroid dienone is 12. The van der Waals surface area contributed by atoms with E-state index in [-0.39, 0.29) is 25.2 Å². The lowest BCUT2D eigenvalue weighted by atomic mass is 10.1. The van der Waals surface area contributed by atoms with Crippen LogP contribution in [0.25, 0.3) is 0 Å². The highest BCUT2D eigenvalue weighted by Crippen LogP contribution is 2.12. The molecular formula is C49H84O5. The van der Waals surface area contributed by atoms with E-state index >= 15 is 0 Å². The van der Waals surface area contributed by atoms with Crippen molar-refractivity contribution in [2.45, 2.75) is 207 Å². The number of unbranched alkanes of at least 4 members (excludes halogenated alkanes) is 17. The smallest absolute Gasteiger partial charge is 0.306 e. The summed E-state index contributed by atoms with van der Waals surface area (Å²) in [5.74, 6) is -0.465. The van der Waals surface area contributed by atoms with Crippen LogP contribution in [0.5, 0.6) is 0 Å². The molecule has 0 N–H and O–H groups in total. The number of rotatable bonds is 40. The summed E-state index contributed by atoms with van der Waals surface area (Å²) < 4.78 is 17.2. The summed E-state index contributed by atoms with van der Waals surface area (Å²) in [6, 6.07) is 0. The van der Waals surface area contributed by atoms with Gasteiger partial charge in [-0.3, -0.25) is 9.59 Å². The Morgan fingerprint density at radius 3 is 1.41 bits per heavy atom. The average Bonchev–Trinajstić information content (AvgIpc) is 3.17. The molecule has 0 spiro atoms. The summed E-state index contributed by atoms with van der Waals surface area (Å²) in [6.07, 6.45) is 56.1. The zero-order chi connectivity index (χ0) is 39.3. The van der Waals surface area contributed by atoms with Crippen molar-refractivity contribution in [3.8, 4) is 0 Å². The van der Waals surface area contributed by atoms with Crippen LogP contribution >= 0.6 is 0 Å². The second-order valence-corrected chi connectivity index (χ2v) is 14.6. The molecule has 0 aromatic carbocycles. The summed E-state index contributed by atoms with van der Waals surface area (Å²) in [4.78, 5) is 25.2. The fraction of sp³-hybridized carbons (Fsp3) is 0.714. The second kappa shape index (κ2) is 44.7. The van der Waals surface area contributed by atoms with Crippen LogP contribution in [0.2, 0.25) is 0 Å². The van der Waals surface area contributed by atoms with Crippen molar-refractivity contribution in [1.82, 2.24) is 0 Å². The monoisotopic (exact) mass is 753 g/mol. The lowest BCUT2D eigenvalue weighted by Crippen LogP contribution is -2.30. The van der Waals surface area contributed by atoms with E-state index in [0.717, 1.165) is 89.9 Å². The number of carbonyl (C=O) groups is 2. The fourth-order valence-electron chi connectivity index (χ4n) is 5.88. The van der Waals surface area contributed by atoms with Crippen molar-refractivity contribution in [3.63, 3.8) is 0 Å². The molecule has 5 nitrogen and oxygen atoms in total. The molecule has 0 amide bonds. The zero-order valence-corrected chi connectivity index (χ0v) is 35.5. The van der Waals surface area contributed by atoms with E-state index in [1.54, 1.807) is 0 Å². The Bertz CT molecular complexity index is 988. The molecule has 0 aliphatic rings. The standard InChI is InChI=1S/C49H84O5/c1-4-7-10-13-16-19-21-23-25-27-29-31-33-36-39-42-48(50)53-46-47(45-52-44-41-38-35-18-15-12-9-6-3)54-49(51)43-40-37-34-32-30-28-26-24-22-20-17-14-11-8-5-2/h7,10,16-17,19-20,23-26,29,31,47H,4-6,8-9,11-15,18,21-22,27-28,30,32-46H2,1-3H3/b10-7-,19-16-,20-17-,25-23-,26-24-,31-29-. The molecule has 0 rings (SSSR count). The third-order valence-corrected chi connectivity index (χ3v) is 9.23. The third kappa shape index (κ3) is 42.1. The lowest BCUT2D eigenvalue weighted by Gasteiger charge is -2.18. The minimum absolute atomic E-state index is 0.0566. The number of carbonyl (C=O) groups excluding carboxylic acids is 2. The highest BCUT2D eigenvalue weighted by molar-refractivity contribution is 5.70. The van der Waals surface area contributed by atoms with Gasteiger partial charge in [-0.1, -0.05) is 171 Å². The first kappa shape index (κ1) is 51.3. The van der Waals surface area contributed by atoms with Crippen LogP contribution in [0, 0.1) is 0 Å². The molecule has 0 bridgehead atoms. The van der Waals surface area contributed by atoms with E-state index < -0.39 is 6.10 Å². The van der Waals surface area contributed by atoms with Crippen molar-refractivity contribution in [2.24, 2.45) is 0 Å². The molecule has 1 atom stereocenters. The van der Waals surface area contributed by atoms with Crippen LogP contribution in [0.1, 0.15) is 201 Å². The number of hydrogen-bond donors (Lipinski definition) is 0. The van der Waals surface area contributed by atoms with Crippen LogP contribution in [0.3, 0.4) is 0 Å². The molecule has 1 unspecified atom stereocenters. The molecule has 5 heteroatoms. The topological polar surface area (TPSA) is 61.8 Å². The highest BCUT2D eigenvalue weighted by Gasteiger charge is 2.17. The van der Waals surface area contributed by atoms with E-state index in [4.69, 9.17) is 14.2 Å². The minimum atomic E-state index is -0.558. The third-order valence-electron chi connectivity index (χ3n) is 9.23. The van der Waals surface area contributed by atoms with Gasteiger partial charge in [-0.25, -0.2) is 0 Å². The molecule has 0 heterocycles. The molecule has 0 aliphatic carbocycles. The highest BCUT2D eigenvalue weighted by atomic mass is 16.6. The van der Waals surface area contributed by atoms with Crippen LogP contribution in [-0.2, 0) is 23.8 Å². The van der Waals surface area contributed by atoms with Gasteiger partial charge in [0.1, 0.15) is 6.61 Å². The summed E-state index contributed by atoms with van der Waals surface area (Å²) in [7, 11) is 0. The Morgan fingerprint density at radius 1 is 0.426 bits per heavy atom. The van der Waals surface area contributed by atoms with E-state index in [2.05, 4.69) is 93.7 Å². The molecule has 0 aromatic heterocycles. The molecule has 310 valence electrons. The normalized spacial score (nSPS) is 12.9. The quantitative estimate of drug-likeness (QED) is 0.0354. The first-order valence-corrected chi connectivity index (χ1v) is 22.5. The van der Waals surface area contributed by atoms with Crippen LogP contribution in [-0.4, -0.2) is 37.9 Å². The molecule has 0 radical (unpaired) electrons. The maximum absolute atomic E-state index is 12.7. The van der Waals surface area contributed by atoms with Crippen LogP contribution in [0.15, 0.2) is 72.9 Å². The SMILES string of the molecule is CC/C=C\C/C=C\C/C=C\C/C=C\CCCCC(=O)OCC(COCCCCCCCCCC)OC(=O)CCCCCCC/C=C\C/C=C\CCCCC. The van der Waals surface area contributed by atoms with Crippen molar-refractivity contribution >= 4 is 11.9 Å². The van der Waals surface area contributed by atoms with Crippen molar-refractivity contribution < 1.29 is 23.8 Å². The van der Waals surface area contributed by atoms with Crippen molar-refractivity contribution in [3.05, 3.63) is 72.9 Å². The number of ether oxygens (including phenoxy) is 3. The fourth-order valence-corrected chi connectivity index (χ4v) is 5.88. The molecule has 54 heavy (non-hydrogen) atoms. The lowest BCUT2D eigenvalue weighted by molar-refractivity contribution is -0.163. The van der Waals surface area contributed by atoms with Gasteiger partial charge in [-0.15, -0.1) is 0 Å². The maximum atomic E-state index is 12.7. The van der Waals surface area contributed by atoms with Gasteiger partial charge in [-0.2, -0.15) is 0 Å². The van der Waals surface area contributed by atoms with Gasteiger partial charge < -0.3 is 14.2 Å². The summed E-state index contributed by atoms with van der Waals surface area (Å²) in [6.45, 7) is 7.60. The van der Waals surface area contributed by atoms with Gasteiger partial charge in [0, 0.05) is 19.4 Å². The maximum Gasteiger partial charge on any atom is 0.306 e. The Morgan fingerprint density at radius 2 is 0.833 bits per heavy atom. The average molecular weight is 753 g/mol. The largest absolute Gasteiger partial charge is 0.462 e. The van der Waals surface area contributed by atoms with Crippen molar-refractivity contribution in [1.29, 1.82) is 0 Å². The van der Waals surface area contributed by atoms with Crippen LogP contribution in [0.4, 0.5) is 0 Å². The minimum Gasteiger partial charge on any atom is -0.462 e. The van der Waals surface area contributed by atoms with Gasteiger partial charge in [0.05, 0.1) is 6.61 Å². The molecule has 0 aliphatic heterocycles. The molecular weight excluding hydrogens is 669 g/mol. The first-order valence-electron chi connectivity index (χ1n) is 22.5. The number of esters is 2. The van der Waals surface area contributed by atoms with Gasteiger partial charge in [0.15, 0.2) is 6.10 Å². The van der Waals surface area contributed by atoms with E-state index in [9.17, 15) is 9.59 Å². The van der Waals surface area contributed by atoms with Crippen molar-refractivity contribution in [2.75, 3.05) is 19.8 Å². The number of hydrogen-bond acceptors (Lipinski definition) is 5. The summed E-state index contributed by atoms with van der Waals surface area (Å²) in [5.41, 5.74) is 0. The van der Waals surface area contributed by atoms with Crippen LogP contribution < -0.4 is 0 Å². The van der Waals surface area contributed by atoms with E-state index in [0.29, 0.717) is 19.4 Å². The van der Waals surface area contributed by atoms with Gasteiger partial charge in [0.25, 0.3) is 0 Å². The molecule has 0 fully saturated rings. The Balaban J connectivity index is 4.31. The predicted molar refractivity (Wildman–Crippen MR) is 233 cm³/mol. The van der Waals surface area contributed by atoms with E-state index in [1.165, 1.54) is 77.0 Å². The Kier molecular flexibility index (Phi) is 42.5. The van der Waals surface area contributed by atoms with Gasteiger partial charge in [-0.05, 0) is 89.9 Å². The molecule has 0 saturated heterocycles.